The van der Waals surface area contributed by atoms with Crippen LogP contribution >= 0.6 is 0 Å². The van der Waals surface area contributed by atoms with Gasteiger partial charge in [0.25, 0.3) is 0 Å². The van der Waals surface area contributed by atoms with Gasteiger partial charge in [0.05, 0.1) is 16.1 Å². The lowest BCUT2D eigenvalue weighted by molar-refractivity contribution is 0.0696. The summed E-state index contributed by atoms with van der Waals surface area (Å²) in [6.07, 6.45) is 7.92. The molecule has 1 aromatic heterocycles. The average Bonchev–Trinajstić information content (AvgIpc) is 3.09. The van der Waals surface area contributed by atoms with Crippen LogP contribution in [0.15, 0.2) is 41.6 Å². The summed E-state index contributed by atoms with van der Waals surface area (Å²) in [6.45, 7) is 0. The standard InChI is InChI=1S/C16H19N3O4S/c20-16(21)12-9-14(19-8-4-7-17-19)11-15(10-12)24(22,23)18-13-5-2-1-3-6-13/h4,7-11,13,18H,1-3,5-6H2,(H,20,21). The van der Waals surface area contributed by atoms with Gasteiger partial charge in [0.1, 0.15) is 0 Å². The lowest BCUT2D eigenvalue weighted by atomic mass is 9.96. The van der Waals surface area contributed by atoms with Crippen LogP contribution in [0.2, 0.25) is 0 Å². The molecule has 0 radical (unpaired) electrons. The maximum Gasteiger partial charge on any atom is 0.335 e. The monoisotopic (exact) mass is 349 g/mol. The van der Waals surface area contributed by atoms with Gasteiger partial charge >= 0.3 is 5.97 Å². The topological polar surface area (TPSA) is 101 Å². The fourth-order valence-corrected chi connectivity index (χ4v) is 4.29. The zero-order valence-electron chi connectivity index (χ0n) is 13.1. The summed E-state index contributed by atoms with van der Waals surface area (Å²) in [5.41, 5.74) is 0.302. The predicted molar refractivity (Wildman–Crippen MR) is 87.7 cm³/mol. The van der Waals surface area contributed by atoms with Gasteiger partial charge in [-0.05, 0) is 37.1 Å². The molecule has 1 aliphatic rings. The first-order valence-electron chi connectivity index (χ1n) is 7.86. The second-order valence-corrected chi connectivity index (χ2v) is 7.64. The number of aromatic nitrogens is 2. The van der Waals surface area contributed by atoms with E-state index in [0.29, 0.717) is 5.69 Å². The van der Waals surface area contributed by atoms with Crippen molar-refractivity contribution in [2.24, 2.45) is 0 Å². The van der Waals surface area contributed by atoms with Gasteiger partial charge in [-0.1, -0.05) is 19.3 Å². The van der Waals surface area contributed by atoms with Crippen LogP contribution in [0.25, 0.3) is 5.69 Å². The number of aromatic carboxylic acids is 1. The molecular weight excluding hydrogens is 330 g/mol. The van der Waals surface area contributed by atoms with E-state index >= 15 is 0 Å². The largest absolute Gasteiger partial charge is 0.478 e. The minimum atomic E-state index is -3.78. The Bertz CT molecular complexity index is 825. The number of rotatable bonds is 5. The number of benzene rings is 1. The van der Waals surface area contributed by atoms with Gasteiger partial charge in [0, 0.05) is 18.4 Å². The zero-order valence-corrected chi connectivity index (χ0v) is 13.9. The number of carbonyl (C=O) groups is 1. The lowest BCUT2D eigenvalue weighted by Crippen LogP contribution is -2.36. The summed E-state index contributed by atoms with van der Waals surface area (Å²) in [6, 6.07) is 5.60. The van der Waals surface area contributed by atoms with E-state index < -0.39 is 16.0 Å². The van der Waals surface area contributed by atoms with E-state index in [0.717, 1.165) is 32.1 Å². The Kier molecular flexibility index (Phi) is 4.68. The molecule has 0 saturated heterocycles. The van der Waals surface area contributed by atoms with Crippen molar-refractivity contribution >= 4 is 16.0 Å². The maximum absolute atomic E-state index is 12.7. The second kappa shape index (κ2) is 6.74. The van der Waals surface area contributed by atoms with Crippen LogP contribution in [0, 0.1) is 0 Å². The number of carboxylic acids is 1. The Balaban J connectivity index is 1.97. The molecule has 1 aliphatic carbocycles. The van der Waals surface area contributed by atoms with Gasteiger partial charge in [0.15, 0.2) is 0 Å². The molecule has 1 saturated carbocycles. The normalized spacial score (nSPS) is 16.2. The van der Waals surface area contributed by atoms with Crippen LogP contribution in [0.3, 0.4) is 0 Å². The van der Waals surface area contributed by atoms with Crippen LogP contribution in [0.1, 0.15) is 42.5 Å². The fraction of sp³-hybridized carbons (Fsp3) is 0.375. The molecule has 0 amide bonds. The van der Waals surface area contributed by atoms with Gasteiger partial charge in [-0.3, -0.25) is 0 Å². The molecule has 0 spiro atoms. The Morgan fingerprint density at radius 2 is 1.96 bits per heavy atom. The zero-order chi connectivity index (χ0) is 17.2. The highest BCUT2D eigenvalue weighted by atomic mass is 32.2. The van der Waals surface area contributed by atoms with Gasteiger partial charge in [-0.2, -0.15) is 5.10 Å². The fourth-order valence-electron chi connectivity index (χ4n) is 2.92. The first-order chi connectivity index (χ1) is 11.5. The van der Waals surface area contributed by atoms with E-state index in [9.17, 15) is 18.3 Å². The molecule has 2 N–H and O–H groups in total. The predicted octanol–water partition coefficient (Wildman–Crippen LogP) is 2.18. The highest BCUT2D eigenvalue weighted by molar-refractivity contribution is 7.89. The molecule has 0 atom stereocenters. The van der Waals surface area contributed by atoms with Crippen molar-refractivity contribution in [3.63, 3.8) is 0 Å². The van der Waals surface area contributed by atoms with Crippen molar-refractivity contribution in [1.82, 2.24) is 14.5 Å². The second-order valence-electron chi connectivity index (χ2n) is 5.93. The first-order valence-corrected chi connectivity index (χ1v) is 9.35. The molecule has 1 fully saturated rings. The Morgan fingerprint density at radius 1 is 1.21 bits per heavy atom. The van der Waals surface area contributed by atoms with Crippen molar-refractivity contribution < 1.29 is 18.3 Å². The number of hydrogen-bond donors (Lipinski definition) is 2. The maximum atomic E-state index is 12.7. The highest BCUT2D eigenvalue weighted by Gasteiger charge is 2.23. The summed E-state index contributed by atoms with van der Waals surface area (Å²) in [5, 5.41) is 13.3. The SMILES string of the molecule is O=C(O)c1cc(-n2cccn2)cc(S(=O)(=O)NC2CCCCC2)c1. The van der Waals surface area contributed by atoms with Gasteiger partial charge in [-0.15, -0.1) is 0 Å². The summed E-state index contributed by atoms with van der Waals surface area (Å²) < 4.78 is 29.5. The van der Waals surface area contributed by atoms with Crippen molar-refractivity contribution in [2.45, 2.75) is 43.0 Å². The van der Waals surface area contributed by atoms with E-state index in [1.54, 1.807) is 18.5 Å². The van der Waals surface area contributed by atoms with Crippen molar-refractivity contribution in [1.29, 1.82) is 0 Å². The van der Waals surface area contributed by atoms with Crippen LogP contribution < -0.4 is 4.72 Å². The number of hydrogen-bond acceptors (Lipinski definition) is 4. The summed E-state index contributed by atoms with van der Waals surface area (Å²) in [5.74, 6) is -1.18. The lowest BCUT2D eigenvalue weighted by Gasteiger charge is -2.22. The molecule has 1 heterocycles. The molecule has 3 rings (SSSR count). The summed E-state index contributed by atoms with van der Waals surface area (Å²) in [4.78, 5) is 11.3. The third-order valence-electron chi connectivity index (χ3n) is 4.14. The molecule has 0 aliphatic heterocycles. The number of nitrogens with one attached hydrogen (secondary N) is 1. The summed E-state index contributed by atoms with van der Waals surface area (Å²) in [7, 11) is -3.78. The number of nitrogens with zero attached hydrogens (tertiary/aromatic N) is 2. The minimum Gasteiger partial charge on any atom is -0.478 e. The molecule has 1 aromatic carbocycles. The van der Waals surface area contributed by atoms with Crippen LogP contribution in [0.5, 0.6) is 0 Å². The van der Waals surface area contributed by atoms with E-state index in [4.69, 9.17) is 0 Å². The number of carboxylic acid groups (broad SMARTS) is 1. The molecule has 128 valence electrons. The van der Waals surface area contributed by atoms with Gasteiger partial charge in [-0.25, -0.2) is 22.6 Å². The molecule has 8 heteroatoms. The van der Waals surface area contributed by atoms with Crippen LogP contribution in [-0.4, -0.2) is 35.3 Å². The van der Waals surface area contributed by atoms with E-state index in [-0.39, 0.29) is 16.5 Å². The van der Waals surface area contributed by atoms with Crippen LogP contribution in [0.4, 0.5) is 0 Å². The Labute approximate surface area is 140 Å². The Morgan fingerprint density at radius 3 is 2.58 bits per heavy atom. The highest BCUT2D eigenvalue weighted by Crippen LogP contribution is 2.22. The third kappa shape index (κ3) is 3.65. The molecule has 0 unspecified atom stereocenters. The first kappa shape index (κ1) is 16.7. The average molecular weight is 349 g/mol. The molecule has 2 aromatic rings. The van der Waals surface area contributed by atoms with Gasteiger partial charge < -0.3 is 5.11 Å². The third-order valence-corrected chi connectivity index (χ3v) is 5.64. The quantitative estimate of drug-likeness (QED) is 0.861. The smallest absolute Gasteiger partial charge is 0.335 e. The molecule has 7 nitrogen and oxygen atoms in total. The van der Waals surface area contributed by atoms with Gasteiger partial charge in [0.2, 0.25) is 10.0 Å². The van der Waals surface area contributed by atoms with Crippen molar-refractivity contribution in [3.05, 3.63) is 42.2 Å². The Hall–Kier alpha value is -2.19. The van der Waals surface area contributed by atoms with E-state index in [2.05, 4.69) is 9.82 Å². The minimum absolute atomic E-state index is 0.0570. The molecule has 24 heavy (non-hydrogen) atoms. The van der Waals surface area contributed by atoms with Crippen molar-refractivity contribution in [3.8, 4) is 5.69 Å². The number of sulfonamides is 1. The van der Waals surface area contributed by atoms with E-state index in [1.807, 2.05) is 0 Å². The molecule has 0 bridgehead atoms. The summed E-state index contributed by atoms with van der Waals surface area (Å²) >= 11 is 0. The molecular formula is C16H19N3O4S. The van der Waals surface area contributed by atoms with Crippen LogP contribution in [-0.2, 0) is 10.0 Å². The van der Waals surface area contributed by atoms with Crippen molar-refractivity contribution in [2.75, 3.05) is 0 Å². The van der Waals surface area contributed by atoms with E-state index in [1.165, 1.54) is 22.9 Å².